The first kappa shape index (κ1) is 39.4. The van der Waals surface area contributed by atoms with E-state index in [0.29, 0.717) is 5.92 Å². The third kappa shape index (κ3) is 7.73. The van der Waals surface area contributed by atoms with Gasteiger partial charge in [0.25, 0.3) is 0 Å². The van der Waals surface area contributed by atoms with Gasteiger partial charge in [-0.2, -0.15) is 0 Å². The summed E-state index contributed by atoms with van der Waals surface area (Å²) in [5.41, 5.74) is 21.1. The summed E-state index contributed by atoms with van der Waals surface area (Å²) >= 11 is 0. The van der Waals surface area contributed by atoms with E-state index in [4.69, 9.17) is 0 Å². The summed E-state index contributed by atoms with van der Waals surface area (Å²) < 4.78 is 0. The standard InChI is InChI=1S/C61H55N/c1-4-53-56(52-37-38-55-54-23-11-12-24-57(54)61(2,3)58(55)40-52)41-59(62-60(53)49-19-9-6-10-20-49)48-35-33-46(34-36-48)45-29-25-42(26-30-45)15-13-16-43-27-31-47(32-28-43)51-22-14-21-50(39-51)44-17-7-5-8-18-44/h5-12,14,17-41,53,56,60,62H,4,13,15-16H2,1-3H3. The summed E-state index contributed by atoms with van der Waals surface area (Å²) in [7, 11) is 0. The van der Waals surface area contributed by atoms with Crippen LogP contribution in [0.3, 0.4) is 0 Å². The van der Waals surface area contributed by atoms with Crippen LogP contribution in [0, 0.1) is 5.92 Å². The van der Waals surface area contributed by atoms with Crippen LogP contribution in [-0.2, 0) is 18.3 Å². The van der Waals surface area contributed by atoms with Gasteiger partial charge in [0, 0.05) is 17.0 Å². The molecule has 1 N–H and O–H groups in total. The molecule has 0 bridgehead atoms. The Hall–Kier alpha value is -6.70. The highest BCUT2D eigenvalue weighted by Gasteiger charge is 2.38. The van der Waals surface area contributed by atoms with Crippen molar-refractivity contribution >= 4 is 5.70 Å². The van der Waals surface area contributed by atoms with Gasteiger partial charge in [0.1, 0.15) is 0 Å². The normalized spacial score (nSPS) is 17.4. The molecule has 0 amide bonds. The van der Waals surface area contributed by atoms with Crippen LogP contribution in [0.25, 0.3) is 50.2 Å². The van der Waals surface area contributed by atoms with Crippen LogP contribution in [0.2, 0.25) is 0 Å². The molecular weight excluding hydrogens is 747 g/mol. The van der Waals surface area contributed by atoms with E-state index in [-0.39, 0.29) is 17.4 Å². The molecule has 0 spiro atoms. The zero-order valence-corrected chi connectivity index (χ0v) is 36.2. The minimum Gasteiger partial charge on any atom is -0.378 e. The van der Waals surface area contributed by atoms with Crippen molar-refractivity contribution in [2.75, 3.05) is 0 Å². The lowest BCUT2D eigenvalue weighted by molar-refractivity contribution is 0.338. The van der Waals surface area contributed by atoms with Crippen molar-refractivity contribution in [2.45, 2.75) is 63.8 Å². The summed E-state index contributed by atoms with van der Waals surface area (Å²) in [6.07, 6.45) is 6.86. The number of rotatable bonds is 11. The van der Waals surface area contributed by atoms with Crippen LogP contribution < -0.4 is 5.32 Å². The number of hydrogen-bond acceptors (Lipinski definition) is 1. The van der Waals surface area contributed by atoms with Gasteiger partial charge in [-0.25, -0.2) is 0 Å². The fraction of sp³-hybridized carbons (Fsp3) is 0.180. The molecule has 0 saturated carbocycles. The zero-order valence-electron chi connectivity index (χ0n) is 36.2. The minimum absolute atomic E-state index is 0.0269. The molecule has 1 aliphatic heterocycles. The van der Waals surface area contributed by atoms with Gasteiger partial charge in [0.2, 0.25) is 0 Å². The monoisotopic (exact) mass is 801 g/mol. The van der Waals surface area contributed by atoms with Crippen molar-refractivity contribution in [2.24, 2.45) is 5.92 Å². The lowest BCUT2D eigenvalue weighted by Crippen LogP contribution is -2.35. The van der Waals surface area contributed by atoms with Gasteiger partial charge in [-0.05, 0) is 115 Å². The summed E-state index contributed by atoms with van der Waals surface area (Å²) in [4.78, 5) is 0. The van der Waals surface area contributed by atoms with Gasteiger partial charge in [-0.15, -0.1) is 0 Å². The van der Waals surface area contributed by atoms with Gasteiger partial charge >= 0.3 is 0 Å². The highest BCUT2D eigenvalue weighted by Crippen LogP contribution is 2.51. The molecule has 8 aromatic rings. The van der Waals surface area contributed by atoms with E-state index in [1.54, 1.807) is 0 Å². The molecule has 0 aromatic heterocycles. The van der Waals surface area contributed by atoms with Crippen molar-refractivity contribution in [3.05, 3.63) is 245 Å². The maximum absolute atomic E-state index is 4.05. The van der Waals surface area contributed by atoms with Crippen LogP contribution in [0.15, 0.2) is 206 Å². The third-order valence-electron chi connectivity index (χ3n) is 13.8. The predicted octanol–water partition coefficient (Wildman–Crippen LogP) is 15.7. The minimum atomic E-state index is -0.0269. The Bertz CT molecular complexity index is 2830. The predicted molar refractivity (Wildman–Crippen MR) is 262 cm³/mol. The molecule has 10 rings (SSSR count). The molecule has 0 radical (unpaired) electrons. The van der Waals surface area contributed by atoms with Gasteiger partial charge in [0.05, 0.1) is 6.04 Å². The quantitative estimate of drug-likeness (QED) is 0.137. The summed E-state index contributed by atoms with van der Waals surface area (Å²) in [6.45, 7) is 7.13. The number of fused-ring (bicyclic) bond motifs is 3. The summed E-state index contributed by atoms with van der Waals surface area (Å²) in [6, 6.07) is 74.6. The maximum Gasteiger partial charge on any atom is 0.0550 e. The van der Waals surface area contributed by atoms with E-state index >= 15 is 0 Å². The molecule has 1 nitrogen and oxygen atoms in total. The van der Waals surface area contributed by atoms with E-state index in [1.807, 2.05) is 0 Å². The average molecular weight is 802 g/mol. The highest BCUT2D eigenvalue weighted by molar-refractivity contribution is 5.81. The van der Waals surface area contributed by atoms with E-state index < -0.39 is 0 Å². The fourth-order valence-electron chi connectivity index (χ4n) is 10.3. The summed E-state index contributed by atoms with van der Waals surface area (Å²) in [5.74, 6) is 0.694. The second-order valence-electron chi connectivity index (χ2n) is 18.0. The molecule has 1 aliphatic carbocycles. The van der Waals surface area contributed by atoms with Crippen molar-refractivity contribution in [3.63, 3.8) is 0 Å². The lowest BCUT2D eigenvalue weighted by Gasteiger charge is -2.39. The highest BCUT2D eigenvalue weighted by atomic mass is 15.0. The largest absolute Gasteiger partial charge is 0.378 e. The maximum atomic E-state index is 4.05. The molecule has 62 heavy (non-hydrogen) atoms. The van der Waals surface area contributed by atoms with Gasteiger partial charge in [0.15, 0.2) is 0 Å². The van der Waals surface area contributed by atoms with Crippen molar-refractivity contribution in [1.29, 1.82) is 0 Å². The Morgan fingerprint density at radius 3 is 1.60 bits per heavy atom. The molecule has 1 heteroatoms. The van der Waals surface area contributed by atoms with Crippen LogP contribution in [-0.4, -0.2) is 0 Å². The van der Waals surface area contributed by atoms with E-state index in [0.717, 1.165) is 25.7 Å². The molecule has 3 atom stereocenters. The molecule has 8 aromatic carbocycles. The Kier molecular flexibility index (Phi) is 10.8. The molecule has 3 unspecified atom stereocenters. The third-order valence-corrected chi connectivity index (χ3v) is 13.8. The Balaban J connectivity index is 0.830. The molecular formula is C61H55N. The van der Waals surface area contributed by atoms with Crippen LogP contribution in [0.5, 0.6) is 0 Å². The molecule has 0 fully saturated rings. The Morgan fingerprint density at radius 1 is 0.435 bits per heavy atom. The number of benzene rings is 8. The van der Waals surface area contributed by atoms with Crippen molar-refractivity contribution in [3.8, 4) is 44.5 Å². The number of allylic oxidation sites excluding steroid dienone is 1. The Morgan fingerprint density at radius 2 is 0.952 bits per heavy atom. The van der Waals surface area contributed by atoms with Crippen LogP contribution >= 0.6 is 0 Å². The van der Waals surface area contributed by atoms with E-state index in [2.05, 4.69) is 232 Å². The zero-order chi connectivity index (χ0) is 42.0. The molecule has 304 valence electrons. The van der Waals surface area contributed by atoms with Gasteiger partial charge in [-0.1, -0.05) is 227 Å². The molecule has 0 saturated heterocycles. The first-order valence-corrected chi connectivity index (χ1v) is 22.6. The number of nitrogens with one attached hydrogen (secondary N) is 1. The molecule has 1 heterocycles. The van der Waals surface area contributed by atoms with Crippen molar-refractivity contribution in [1.82, 2.24) is 5.32 Å². The molecule has 2 aliphatic rings. The fourth-order valence-corrected chi connectivity index (χ4v) is 10.3. The topological polar surface area (TPSA) is 12.0 Å². The first-order chi connectivity index (χ1) is 30.4. The van der Waals surface area contributed by atoms with E-state index in [1.165, 1.54) is 89.1 Å². The lowest BCUT2D eigenvalue weighted by atomic mass is 9.73. The summed E-state index contributed by atoms with van der Waals surface area (Å²) in [5, 5.41) is 4.05. The average Bonchev–Trinajstić information content (AvgIpc) is 3.57. The smallest absolute Gasteiger partial charge is 0.0550 e. The van der Waals surface area contributed by atoms with Crippen molar-refractivity contribution < 1.29 is 0 Å². The van der Waals surface area contributed by atoms with Crippen LogP contribution in [0.1, 0.15) is 84.5 Å². The Labute approximate surface area is 368 Å². The van der Waals surface area contributed by atoms with E-state index in [9.17, 15) is 0 Å². The number of hydrogen-bond donors (Lipinski definition) is 1. The number of aryl methyl sites for hydroxylation is 2. The SMILES string of the molecule is CCC1C(c2ccc3c(c2)C(C)(C)c2ccccc2-3)C=C(c2ccc(-c3ccc(CCCc4ccc(-c5cccc(-c6ccccc6)c5)cc4)cc3)cc2)NC1c1ccccc1. The van der Waals surface area contributed by atoms with Crippen LogP contribution in [0.4, 0.5) is 0 Å². The second kappa shape index (κ2) is 17.0. The first-order valence-electron chi connectivity index (χ1n) is 22.6. The second-order valence-corrected chi connectivity index (χ2v) is 18.0. The van der Waals surface area contributed by atoms with Gasteiger partial charge in [-0.3, -0.25) is 0 Å². The van der Waals surface area contributed by atoms with Gasteiger partial charge < -0.3 is 5.32 Å².